The standard InChI is InChI=1S/C21H16ClF3N8O2/c22-17-7-27-18-12(2-15(31-33(17)18)13-6-28-20(35)30-19(13)34)10-1-11(10)14-3-16-9(4-26-14)5-29-32(16)8-21(23,24)25/h2-5,7,10-11,13H,1,6,8H2,(H2,28,30,34,35)/t10-,11-,13?/m0/s1. The molecule has 10 nitrogen and oxygen atoms in total. The van der Waals surface area contributed by atoms with Crippen molar-refractivity contribution in [2.75, 3.05) is 6.54 Å². The van der Waals surface area contributed by atoms with E-state index in [1.54, 1.807) is 12.1 Å². The maximum atomic E-state index is 12.9. The predicted octanol–water partition coefficient (Wildman–Crippen LogP) is 2.88. The van der Waals surface area contributed by atoms with Crippen molar-refractivity contribution in [1.82, 2.24) is 40.0 Å². The topological polar surface area (TPSA) is 119 Å². The molecule has 1 unspecified atom stereocenters. The molecule has 4 aromatic heterocycles. The van der Waals surface area contributed by atoms with Crippen molar-refractivity contribution >= 4 is 40.1 Å². The summed E-state index contributed by atoms with van der Waals surface area (Å²) in [5.74, 6) is -1.30. The van der Waals surface area contributed by atoms with Crippen LogP contribution >= 0.6 is 11.6 Å². The van der Waals surface area contributed by atoms with Gasteiger partial charge >= 0.3 is 12.2 Å². The van der Waals surface area contributed by atoms with Crippen molar-refractivity contribution in [2.24, 2.45) is 0 Å². The second-order valence-corrected chi connectivity index (χ2v) is 9.01. The van der Waals surface area contributed by atoms with Gasteiger partial charge in [-0.05, 0) is 24.5 Å². The summed E-state index contributed by atoms with van der Waals surface area (Å²) in [5.41, 5.74) is 2.74. The SMILES string of the molecule is O=C1NCC(c2cc([C@H]3C[C@@H]3c3cc4c(cn3)cnn4CC(F)(F)F)c3ncc(Cl)n3n2)C(=O)N1. The number of alkyl halides is 3. The van der Waals surface area contributed by atoms with Crippen LogP contribution in [-0.4, -0.2) is 54.0 Å². The first kappa shape index (κ1) is 21.8. The first-order valence-electron chi connectivity index (χ1n) is 10.7. The second-order valence-electron chi connectivity index (χ2n) is 8.63. The highest BCUT2D eigenvalue weighted by molar-refractivity contribution is 6.29. The highest BCUT2D eigenvalue weighted by atomic mass is 35.5. The molecule has 180 valence electrons. The van der Waals surface area contributed by atoms with E-state index in [4.69, 9.17) is 11.6 Å². The average Bonchev–Trinajstić information content (AvgIpc) is 3.38. The van der Waals surface area contributed by atoms with Crippen LogP contribution in [0.3, 0.4) is 0 Å². The van der Waals surface area contributed by atoms with Crippen molar-refractivity contribution in [3.8, 4) is 0 Å². The Hall–Kier alpha value is -3.74. The number of hydrogen-bond donors (Lipinski definition) is 2. The van der Waals surface area contributed by atoms with Gasteiger partial charge in [0.05, 0.1) is 29.5 Å². The Morgan fingerprint density at radius 1 is 1.09 bits per heavy atom. The Labute approximate surface area is 199 Å². The van der Waals surface area contributed by atoms with Gasteiger partial charge < -0.3 is 5.32 Å². The van der Waals surface area contributed by atoms with Crippen LogP contribution in [0.2, 0.25) is 5.15 Å². The van der Waals surface area contributed by atoms with E-state index >= 15 is 0 Å². The molecule has 3 amide bonds. The molecule has 5 heterocycles. The quantitative estimate of drug-likeness (QED) is 0.441. The van der Waals surface area contributed by atoms with Crippen LogP contribution in [-0.2, 0) is 11.3 Å². The smallest absolute Gasteiger partial charge is 0.337 e. The summed E-state index contributed by atoms with van der Waals surface area (Å²) >= 11 is 6.27. The van der Waals surface area contributed by atoms with Crippen molar-refractivity contribution in [3.05, 3.63) is 52.8 Å². The summed E-state index contributed by atoms with van der Waals surface area (Å²) in [7, 11) is 0. The van der Waals surface area contributed by atoms with Gasteiger partial charge in [0.1, 0.15) is 6.54 Å². The van der Waals surface area contributed by atoms with Crippen LogP contribution in [0.4, 0.5) is 18.0 Å². The van der Waals surface area contributed by atoms with Crippen LogP contribution in [0.1, 0.15) is 41.1 Å². The summed E-state index contributed by atoms with van der Waals surface area (Å²) in [6, 6.07) is 2.85. The lowest BCUT2D eigenvalue weighted by atomic mass is 9.99. The van der Waals surface area contributed by atoms with E-state index in [1.165, 1.54) is 23.1 Å². The summed E-state index contributed by atoms with van der Waals surface area (Å²) in [6.07, 6.45) is 0.630. The Morgan fingerprint density at radius 3 is 2.69 bits per heavy atom. The molecule has 0 bridgehead atoms. The lowest BCUT2D eigenvalue weighted by molar-refractivity contribution is -0.141. The van der Waals surface area contributed by atoms with Crippen LogP contribution in [0.15, 0.2) is 30.7 Å². The summed E-state index contributed by atoms with van der Waals surface area (Å²) in [6.45, 7) is -1.10. The number of fused-ring (bicyclic) bond motifs is 2. The third-order valence-corrected chi connectivity index (χ3v) is 6.55. The fourth-order valence-electron chi connectivity index (χ4n) is 4.55. The molecule has 3 atom stereocenters. The number of urea groups is 1. The molecule has 1 aliphatic carbocycles. The monoisotopic (exact) mass is 504 g/mol. The molecule has 2 N–H and O–H groups in total. The van der Waals surface area contributed by atoms with Gasteiger partial charge in [-0.2, -0.15) is 23.4 Å². The number of imide groups is 1. The number of pyridine rings is 1. The van der Waals surface area contributed by atoms with Gasteiger partial charge in [0.2, 0.25) is 5.91 Å². The van der Waals surface area contributed by atoms with Crippen LogP contribution in [0, 0.1) is 0 Å². The zero-order valence-corrected chi connectivity index (χ0v) is 18.5. The van der Waals surface area contributed by atoms with Gasteiger partial charge in [-0.3, -0.25) is 19.8 Å². The number of rotatable bonds is 4. The van der Waals surface area contributed by atoms with Gasteiger partial charge in [0, 0.05) is 35.3 Å². The molecule has 0 radical (unpaired) electrons. The molecule has 1 saturated heterocycles. The molecule has 1 saturated carbocycles. The Kier molecular flexibility index (Phi) is 4.75. The molecule has 4 aromatic rings. The zero-order chi connectivity index (χ0) is 24.5. The van der Waals surface area contributed by atoms with Gasteiger partial charge in [0.25, 0.3) is 0 Å². The highest BCUT2D eigenvalue weighted by Crippen LogP contribution is 2.55. The largest absolute Gasteiger partial charge is 0.408 e. The number of nitrogens with zero attached hydrogens (tertiary/aromatic N) is 6. The minimum Gasteiger partial charge on any atom is -0.337 e. The molecule has 14 heteroatoms. The van der Waals surface area contributed by atoms with E-state index in [1.807, 2.05) is 0 Å². The molecular formula is C21H16ClF3N8O2. The molecule has 0 spiro atoms. The normalized spacial score (nSPS) is 22.5. The summed E-state index contributed by atoms with van der Waals surface area (Å²) < 4.78 is 41.2. The molecule has 0 aromatic carbocycles. The van der Waals surface area contributed by atoms with Gasteiger partial charge in [-0.25, -0.2) is 14.3 Å². The minimum absolute atomic E-state index is 0.0529. The third-order valence-electron chi connectivity index (χ3n) is 6.30. The lowest BCUT2D eigenvalue weighted by Crippen LogP contribution is -2.51. The van der Waals surface area contributed by atoms with Crippen LogP contribution in [0.25, 0.3) is 16.6 Å². The maximum absolute atomic E-state index is 12.9. The summed E-state index contributed by atoms with van der Waals surface area (Å²) in [5, 5.41) is 13.9. The number of halogens is 4. The first-order chi connectivity index (χ1) is 16.7. The van der Waals surface area contributed by atoms with Gasteiger partial charge in [0.15, 0.2) is 10.8 Å². The Bertz CT molecular complexity index is 1510. The number of imidazole rings is 1. The van der Waals surface area contributed by atoms with Crippen LogP contribution in [0.5, 0.6) is 0 Å². The zero-order valence-electron chi connectivity index (χ0n) is 17.8. The average molecular weight is 505 g/mol. The lowest BCUT2D eigenvalue weighted by Gasteiger charge is -2.22. The fourth-order valence-corrected chi connectivity index (χ4v) is 4.72. The third kappa shape index (κ3) is 3.85. The number of carbonyl (C=O) groups excluding carboxylic acids is 2. The highest BCUT2D eigenvalue weighted by Gasteiger charge is 2.43. The first-order valence-corrected chi connectivity index (χ1v) is 11.1. The molecule has 35 heavy (non-hydrogen) atoms. The number of carbonyl (C=O) groups is 2. The van der Waals surface area contributed by atoms with E-state index < -0.39 is 30.6 Å². The number of amides is 3. The molecule has 1 aliphatic heterocycles. The molecule has 2 aliphatic rings. The Balaban J connectivity index is 1.36. The van der Waals surface area contributed by atoms with Crippen molar-refractivity contribution < 1.29 is 22.8 Å². The van der Waals surface area contributed by atoms with E-state index in [0.29, 0.717) is 34.4 Å². The number of hydrogen-bond acceptors (Lipinski definition) is 6. The number of nitrogens with one attached hydrogen (secondary N) is 2. The van der Waals surface area contributed by atoms with E-state index in [-0.39, 0.29) is 23.5 Å². The summed E-state index contributed by atoms with van der Waals surface area (Å²) in [4.78, 5) is 32.7. The molecular weight excluding hydrogens is 489 g/mol. The predicted molar refractivity (Wildman–Crippen MR) is 116 cm³/mol. The second kappa shape index (κ2) is 7.63. The van der Waals surface area contributed by atoms with Crippen molar-refractivity contribution in [3.63, 3.8) is 0 Å². The van der Waals surface area contributed by atoms with Crippen LogP contribution < -0.4 is 10.6 Å². The number of aromatic nitrogens is 6. The van der Waals surface area contributed by atoms with Gasteiger partial charge in [-0.15, -0.1) is 0 Å². The molecule has 6 rings (SSSR count). The minimum atomic E-state index is -4.39. The van der Waals surface area contributed by atoms with E-state index in [0.717, 1.165) is 10.2 Å². The fraction of sp³-hybridized carbons (Fsp3) is 0.333. The van der Waals surface area contributed by atoms with Gasteiger partial charge in [-0.1, -0.05) is 11.6 Å². The van der Waals surface area contributed by atoms with E-state index in [2.05, 4.69) is 30.8 Å². The Morgan fingerprint density at radius 2 is 1.91 bits per heavy atom. The van der Waals surface area contributed by atoms with Crippen molar-refractivity contribution in [2.45, 2.75) is 36.9 Å². The van der Waals surface area contributed by atoms with E-state index in [9.17, 15) is 22.8 Å². The maximum Gasteiger partial charge on any atom is 0.408 e. The van der Waals surface area contributed by atoms with Crippen molar-refractivity contribution in [1.29, 1.82) is 0 Å². The molecule has 2 fully saturated rings.